The van der Waals surface area contributed by atoms with Gasteiger partial charge in [0, 0.05) is 0 Å². The normalized spacial score (nSPS) is 16.4. The number of aliphatic hydroxyl groups is 2. The largest absolute Gasteiger partial charge is 0.549 e. The third-order valence-corrected chi connectivity index (χ3v) is 3.77. The highest BCUT2D eigenvalue weighted by Gasteiger charge is 2.33. The number of carbonyl (C=O) groups excluding carboxylic acids is 4. The van der Waals surface area contributed by atoms with Crippen molar-refractivity contribution < 1.29 is 48.6 Å². The van der Waals surface area contributed by atoms with Gasteiger partial charge in [0.25, 0.3) is 0 Å². The van der Waals surface area contributed by atoms with Crippen LogP contribution in [0.2, 0.25) is 0 Å². The predicted octanol–water partition coefficient (Wildman–Crippen LogP) is -4.03. The number of likely N-dealkylation sites (N-methyl/N-ethyl adjacent to an activating group) is 2. The molecule has 0 aromatic heterocycles. The molecule has 168 valence electrons. The van der Waals surface area contributed by atoms with Gasteiger partial charge in [0.15, 0.2) is 11.6 Å². The second-order valence-corrected chi connectivity index (χ2v) is 8.81. The number of carbonyl (C=O) groups is 4. The van der Waals surface area contributed by atoms with Crippen LogP contribution in [0.25, 0.3) is 0 Å². The number of ketones is 2. The molecule has 0 radical (unpaired) electrons. The third kappa shape index (κ3) is 11.1. The van der Waals surface area contributed by atoms with Crippen LogP contribution in [0.4, 0.5) is 0 Å². The lowest BCUT2D eigenvalue weighted by Crippen LogP contribution is -2.51. The number of halogens is 1. The first-order valence-electron chi connectivity index (χ1n) is 8.61. The molecule has 29 heavy (non-hydrogen) atoms. The van der Waals surface area contributed by atoms with Crippen molar-refractivity contribution in [1.29, 1.82) is 0 Å². The van der Waals surface area contributed by atoms with Crippen molar-refractivity contribution in [3.8, 4) is 0 Å². The topological polar surface area (TPSA) is 155 Å². The molecule has 0 fully saturated rings. The average Bonchev–Trinajstić information content (AvgIpc) is 2.40. The van der Waals surface area contributed by atoms with Crippen LogP contribution in [0, 0.1) is 11.8 Å². The van der Waals surface area contributed by atoms with Crippen molar-refractivity contribution in [2.75, 3.05) is 55.4 Å². The zero-order chi connectivity index (χ0) is 22.4. The number of nitrogens with zero attached hydrogens (tertiary/aromatic N) is 2. The molecule has 0 amide bonds. The summed E-state index contributed by atoms with van der Waals surface area (Å²) in [6.45, 7) is -0.147. The smallest absolute Gasteiger partial charge is 0.167 e. The molecule has 0 spiro atoms. The summed E-state index contributed by atoms with van der Waals surface area (Å²) in [4.78, 5) is 46.8. The Kier molecular flexibility index (Phi) is 11.5. The maximum Gasteiger partial charge on any atom is 0.167 e. The van der Waals surface area contributed by atoms with Gasteiger partial charge in [0.1, 0.15) is 25.3 Å². The lowest BCUT2D eigenvalue weighted by molar-refractivity contribution is -0.873. The van der Waals surface area contributed by atoms with E-state index in [0.717, 1.165) is 0 Å². The highest BCUT2D eigenvalue weighted by molar-refractivity contribution is 6.10. The van der Waals surface area contributed by atoms with E-state index in [1.807, 2.05) is 0 Å². The molecule has 2 N–H and O–H groups in total. The fourth-order valence-corrected chi connectivity index (χ4v) is 2.63. The minimum atomic E-state index is -1.92. The number of carboxylic acid groups (broad SMARTS) is 2. The first-order valence-corrected chi connectivity index (χ1v) is 8.61. The fourth-order valence-electron chi connectivity index (χ4n) is 2.63. The zero-order valence-corrected chi connectivity index (χ0v) is 18.3. The van der Waals surface area contributed by atoms with Gasteiger partial charge in [-0.05, 0) is 12.2 Å². The minimum absolute atomic E-state index is 0. The molecule has 0 aliphatic carbocycles. The highest BCUT2D eigenvalue weighted by Crippen LogP contribution is 2.12. The Morgan fingerprint density at radius 1 is 0.724 bits per heavy atom. The van der Waals surface area contributed by atoms with Crippen molar-refractivity contribution in [1.82, 2.24) is 0 Å². The summed E-state index contributed by atoms with van der Waals surface area (Å²) < 4.78 is 0.343. The van der Waals surface area contributed by atoms with E-state index in [-0.39, 0.29) is 34.5 Å². The number of aliphatic hydroxyl groups excluding tert-OH is 2. The SMILES string of the molecule is C[N+](C)(C)CC(O)C(C(=O)[O-])C(=O)/C=C/C(=O)C(C(=O)[O-])C(O)C[N+](C)(C)C.Cl. The van der Waals surface area contributed by atoms with Gasteiger partial charge in [-0.15, -0.1) is 12.4 Å². The van der Waals surface area contributed by atoms with E-state index in [9.17, 15) is 39.6 Å². The molecule has 0 aromatic rings. The maximum atomic E-state index is 12.2. The summed E-state index contributed by atoms with van der Waals surface area (Å²) in [7, 11) is 10.1. The summed E-state index contributed by atoms with van der Waals surface area (Å²) in [6.07, 6.45) is -1.98. The third-order valence-electron chi connectivity index (χ3n) is 3.77. The predicted molar refractivity (Wildman–Crippen MR) is 101 cm³/mol. The molecule has 0 heterocycles. The van der Waals surface area contributed by atoms with Crippen LogP contribution in [0.3, 0.4) is 0 Å². The Morgan fingerprint density at radius 2 is 0.966 bits per heavy atom. The van der Waals surface area contributed by atoms with E-state index >= 15 is 0 Å². The van der Waals surface area contributed by atoms with Crippen molar-refractivity contribution in [3.63, 3.8) is 0 Å². The molecule has 0 saturated carbocycles. The number of hydrogen-bond acceptors (Lipinski definition) is 8. The van der Waals surface area contributed by atoms with Crippen molar-refractivity contribution in [2.45, 2.75) is 12.2 Å². The summed E-state index contributed by atoms with van der Waals surface area (Å²) >= 11 is 0. The first-order chi connectivity index (χ1) is 12.5. The molecule has 0 aliphatic rings. The maximum absolute atomic E-state index is 12.2. The van der Waals surface area contributed by atoms with Crippen LogP contribution in [-0.2, 0) is 19.2 Å². The molecule has 4 unspecified atom stereocenters. The standard InChI is InChI=1S/C18H30N2O8.ClH/c1-19(2,3)9-13(23)15(17(25)26)11(21)7-8-12(22)16(18(27)28)14(24)10-20(4,5)6;/h7-8,13-16,23-24H,9-10H2,1-6H3;1H/b8-7+;. The number of rotatable bonds is 12. The number of aliphatic carboxylic acids is 2. The molecule has 0 bridgehead atoms. The van der Waals surface area contributed by atoms with Crippen LogP contribution in [0.5, 0.6) is 0 Å². The molecule has 4 atom stereocenters. The molecule has 10 nitrogen and oxygen atoms in total. The van der Waals surface area contributed by atoms with Crippen LogP contribution in [0.15, 0.2) is 12.2 Å². The van der Waals surface area contributed by atoms with Gasteiger partial charge in [-0.1, -0.05) is 0 Å². The summed E-state index contributed by atoms with van der Waals surface area (Å²) in [6, 6.07) is 0. The molecule has 0 aromatic carbocycles. The van der Waals surface area contributed by atoms with Gasteiger partial charge in [0.2, 0.25) is 0 Å². The van der Waals surface area contributed by atoms with Crippen LogP contribution in [0.1, 0.15) is 0 Å². The van der Waals surface area contributed by atoms with Crippen LogP contribution < -0.4 is 10.2 Å². The lowest BCUT2D eigenvalue weighted by Gasteiger charge is -2.30. The van der Waals surface area contributed by atoms with E-state index in [0.29, 0.717) is 12.2 Å². The van der Waals surface area contributed by atoms with Crippen LogP contribution >= 0.6 is 12.4 Å². The number of quaternary nitrogens is 2. The molecule has 0 rings (SSSR count). The fraction of sp³-hybridized carbons (Fsp3) is 0.667. The number of hydrogen-bond donors (Lipinski definition) is 2. The van der Waals surface area contributed by atoms with Gasteiger partial charge in [-0.3, -0.25) is 9.59 Å². The molecular formula is C18H31ClN2O8. The van der Waals surface area contributed by atoms with E-state index in [1.165, 1.54) is 0 Å². The Hall–Kier alpha value is -1.85. The van der Waals surface area contributed by atoms with Crippen molar-refractivity contribution in [3.05, 3.63) is 12.2 Å². The molecule has 11 heteroatoms. The first kappa shape index (κ1) is 29.4. The number of carboxylic acids is 2. The van der Waals surface area contributed by atoms with Gasteiger partial charge < -0.3 is 39.0 Å². The Morgan fingerprint density at radius 3 is 1.14 bits per heavy atom. The van der Waals surface area contributed by atoms with Gasteiger partial charge in [-0.25, -0.2) is 0 Å². The Balaban J connectivity index is 0. The van der Waals surface area contributed by atoms with E-state index in [1.54, 1.807) is 42.3 Å². The lowest BCUT2D eigenvalue weighted by atomic mass is 9.93. The average molecular weight is 439 g/mol. The second-order valence-electron chi connectivity index (χ2n) is 8.81. The Bertz CT molecular complexity index is 583. The zero-order valence-electron chi connectivity index (χ0n) is 17.5. The minimum Gasteiger partial charge on any atom is -0.549 e. The summed E-state index contributed by atoms with van der Waals surface area (Å²) in [5.41, 5.74) is 0. The van der Waals surface area contributed by atoms with Crippen molar-refractivity contribution in [2.24, 2.45) is 11.8 Å². The summed E-state index contributed by atoms with van der Waals surface area (Å²) in [5.74, 6) is -9.70. The van der Waals surface area contributed by atoms with Crippen molar-refractivity contribution >= 4 is 35.9 Å². The van der Waals surface area contributed by atoms with Gasteiger partial charge in [-0.2, -0.15) is 0 Å². The monoisotopic (exact) mass is 438 g/mol. The molecular weight excluding hydrogens is 408 g/mol. The molecule has 0 saturated heterocycles. The molecule has 0 aliphatic heterocycles. The second kappa shape index (κ2) is 11.4. The summed E-state index contributed by atoms with van der Waals surface area (Å²) in [5, 5.41) is 42.6. The van der Waals surface area contributed by atoms with Gasteiger partial charge >= 0.3 is 0 Å². The van der Waals surface area contributed by atoms with Crippen LogP contribution in [-0.4, -0.2) is 110 Å². The van der Waals surface area contributed by atoms with E-state index in [2.05, 4.69) is 0 Å². The van der Waals surface area contributed by atoms with Gasteiger partial charge in [0.05, 0.1) is 66.1 Å². The quantitative estimate of drug-likeness (QED) is 0.177. The highest BCUT2D eigenvalue weighted by atomic mass is 35.5. The van der Waals surface area contributed by atoms with E-state index < -0.39 is 47.5 Å². The number of allylic oxidation sites excluding steroid dienone is 2. The van der Waals surface area contributed by atoms with E-state index in [4.69, 9.17) is 0 Å². The Labute approximate surface area is 176 Å².